The third-order valence-electron chi connectivity index (χ3n) is 6.12. The van der Waals surface area contributed by atoms with Gasteiger partial charge in [-0.1, -0.05) is 83.8 Å². The fraction of sp³-hybridized carbons (Fsp3) is 0.806. The molecule has 0 atom stereocenters. The minimum atomic E-state index is 0.546. The molecule has 0 aliphatic carbocycles. The summed E-state index contributed by atoms with van der Waals surface area (Å²) in [6, 6.07) is 8.47. The zero-order valence-corrected chi connectivity index (χ0v) is 24.0. The van der Waals surface area contributed by atoms with E-state index in [4.69, 9.17) is 28.4 Å². The molecule has 0 amide bonds. The Labute approximate surface area is 227 Å². The fourth-order valence-corrected chi connectivity index (χ4v) is 3.87. The maximum atomic E-state index is 5.76. The predicted octanol–water partition coefficient (Wildman–Crippen LogP) is 7.02. The van der Waals surface area contributed by atoms with Crippen molar-refractivity contribution in [1.82, 2.24) is 0 Å². The monoisotopic (exact) mass is 524 g/mol. The number of unbranched alkanes of at least 4 members (excludes halogenated alkanes) is 9. The molecule has 0 aliphatic heterocycles. The van der Waals surface area contributed by atoms with Gasteiger partial charge in [-0.2, -0.15) is 0 Å². The zero-order chi connectivity index (χ0) is 26.5. The van der Waals surface area contributed by atoms with Crippen molar-refractivity contribution in [3.8, 4) is 5.75 Å². The Kier molecular flexibility index (Phi) is 25.5. The smallest absolute Gasteiger partial charge is 0.119 e. The minimum Gasteiger partial charge on any atom is -0.491 e. The van der Waals surface area contributed by atoms with Crippen LogP contribution in [-0.2, 0) is 30.1 Å². The second kappa shape index (κ2) is 27.8. The topological polar surface area (TPSA) is 55.4 Å². The van der Waals surface area contributed by atoms with Gasteiger partial charge in [-0.05, 0) is 37.0 Å². The number of hydrogen-bond donors (Lipinski definition) is 0. The number of benzene rings is 1. The maximum absolute atomic E-state index is 5.76. The maximum Gasteiger partial charge on any atom is 0.119 e. The molecule has 0 heterocycles. The Morgan fingerprint density at radius 3 is 1.32 bits per heavy atom. The molecule has 6 nitrogen and oxygen atoms in total. The van der Waals surface area contributed by atoms with E-state index in [9.17, 15) is 0 Å². The Balaban J connectivity index is 1.77. The Bertz CT molecular complexity index is 565. The summed E-state index contributed by atoms with van der Waals surface area (Å²) >= 11 is 0. The molecular weight excluding hydrogens is 468 g/mol. The molecule has 0 bridgehead atoms. The van der Waals surface area contributed by atoms with E-state index < -0.39 is 0 Å². The van der Waals surface area contributed by atoms with Crippen LogP contribution in [-0.4, -0.2) is 72.7 Å². The standard InChI is InChI=1S/C31H56O6/c1-3-5-7-9-10-12-14-30-15-17-31(18-16-30)37-29-28-36-27-26-35-25-24-34-23-22-33-21-20-32-19-13-11-8-6-4-2/h15-18H,3-14,19-29H2,1-2H3. The first-order valence-electron chi connectivity index (χ1n) is 15.0. The lowest BCUT2D eigenvalue weighted by Gasteiger charge is -2.09. The quantitative estimate of drug-likeness (QED) is 0.105. The third kappa shape index (κ3) is 23.7. The summed E-state index contributed by atoms with van der Waals surface area (Å²) in [5.41, 5.74) is 1.39. The molecule has 0 fully saturated rings. The molecule has 1 aromatic rings. The van der Waals surface area contributed by atoms with Crippen LogP contribution < -0.4 is 4.74 Å². The number of hydrogen-bond acceptors (Lipinski definition) is 6. The van der Waals surface area contributed by atoms with E-state index in [1.807, 2.05) is 0 Å². The molecule has 0 saturated heterocycles. The van der Waals surface area contributed by atoms with Crippen molar-refractivity contribution >= 4 is 0 Å². The fourth-order valence-electron chi connectivity index (χ4n) is 3.87. The SMILES string of the molecule is CCCCCCCCc1ccc(OCCOCCOCCOCCOCCOCCCCCCC)cc1. The van der Waals surface area contributed by atoms with Gasteiger partial charge in [0.05, 0.1) is 59.5 Å². The third-order valence-corrected chi connectivity index (χ3v) is 6.12. The van der Waals surface area contributed by atoms with E-state index in [1.54, 1.807) is 0 Å². The number of ether oxygens (including phenoxy) is 6. The minimum absolute atomic E-state index is 0.546. The molecule has 216 valence electrons. The zero-order valence-electron chi connectivity index (χ0n) is 24.0. The summed E-state index contributed by atoms with van der Waals surface area (Å²) in [6.45, 7) is 11.1. The second-order valence-electron chi connectivity index (χ2n) is 9.49. The van der Waals surface area contributed by atoms with Crippen LogP contribution in [0.3, 0.4) is 0 Å². The van der Waals surface area contributed by atoms with Gasteiger partial charge in [-0.25, -0.2) is 0 Å². The molecule has 0 N–H and O–H groups in total. The molecule has 6 heteroatoms. The summed E-state index contributed by atoms with van der Waals surface area (Å²) in [5.74, 6) is 0.901. The molecule has 0 unspecified atom stereocenters. The highest BCUT2D eigenvalue weighted by molar-refractivity contribution is 5.27. The largest absolute Gasteiger partial charge is 0.491 e. The van der Waals surface area contributed by atoms with Crippen molar-refractivity contribution in [2.45, 2.75) is 90.9 Å². The van der Waals surface area contributed by atoms with Gasteiger partial charge in [0.2, 0.25) is 0 Å². The van der Waals surface area contributed by atoms with Crippen molar-refractivity contribution in [1.29, 1.82) is 0 Å². The Morgan fingerprint density at radius 1 is 0.405 bits per heavy atom. The van der Waals surface area contributed by atoms with Crippen LogP contribution in [0.1, 0.15) is 90.0 Å². The van der Waals surface area contributed by atoms with Gasteiger partial charge in [0.15, 0.2) is 0 Å². The molecule has 0 spiro atoms. The van der Waals surface area contributed by atoms with Gasteiger partial charge >= 0.3 is 0 Å². The van der Waals surface area contributed by atoms with Crippen LogP contribution in [0.25, 0.3) is 0 Å². The van der Waals surface area contributed by atoms with E-state index in [0.717, 1.165) is 25.2 Å². The first kappa shape index (κ1) is 33.8. The summed E-state index contributed by atoms with van der Waals surface area (Å²) in [6.07, 6.45) is 15.5. The summed E-state index contributed by atoms with van der Waals surface area (Å²) in [7, 11) is 0. The van der Waals surface area contributed by atoms with Crippen LogP contribution in [0.2, 0.25) is 0 Å². The molecule has 0 aromatic heterocycles. The van der Waals surface area contributed by atoms with E-state index >= 15 is 0 Å². The summed E-state index contributed by atoms with van der Waals surface area (Å²) in [5, 5.41) is 0. The average Bonchev–Trinajstić information content (AvgIpc) is 2.92. The Hall–Kier alpha value is -1.18. The van der Waals surface area contributed by atoms with E-state index in [0.29, 0.717) is 66.1 Å². The molecule has 0 aliphatic rings. The van der Waals surface area contributed by atoms with Crippen LogP contribution in [0.15, 0.2) is 24.3 Å². The molecule has 1 aromatic carbocycles. The number of rotatable bonds is 29. The van der Waals surface area contributed by atoms with Gasteiger partial charge in [0, 0.05) is 6.61 Å². The van der Waals surface area contributed by atoms with E-state index in [2.05, 4.69) is 38.1 Å². The summed E-state index contributed by atoms with van der Waals surface area (Å²) < 4.78 is 33.4. The van der Waals surface area contributed by atoms with Crippen molar-refractivity contribution in [2.75, 3.05) is 72.7 Å². The predicted molar refractivity (Wildman–Crippen MR) is 152 cm³/mol. The molecule has 0 saturated carbocycles. The summed E-state index contributed by atoms with van der Waals surface area (Å²) in [4.78, 5) is 0. The average molecular weight is 525 g/mol. The highest BCUT2D eigenvalue weighted by atomic mass is 16.6. The van der Waals surface area contributed by atoms with Crippen molar-refractivity contribution in [3.63, 3.8) is 0 Å². The molecule has 37 heavy (non-hydrogen) atoms. The van der Waals surface area contributed by atoms with E-state index in [1.165, 1.54) is 69.8 Å². The Morgan fingerprint density at radius 2 is 0.811 bits per heavy atom. The first-order valence-corrected chi connectivity index (χ1v) is 15.0. The molecule has 0 radical (unpaired) electrons. The lowest BCUT2D eigenvalue weighted by atomic mass is 10.0. The van der Waals surface area contributed by atoms with Crippen molar-refractivity contribution in [3.05, 3.63) is 29.8 Å². The van der Waals surface area contributed by atoms with Gasteiger partial charge in [0.1, 0.15) is 12.4 Å². The van der Waals surface area contributed by atoms with Crippen LogP contribution in [0.4, 0.5) is 0 Å². The van der Waals surface area contributed by atoms with Crippen LogP contribution in [0.5, 0.6) is 5.75 Å². The lowest BCUT2D eigenvalue weighted by molar-refractivity contribution is -0.0128. The van der Waals surface area contributed by atoms with E-state index in [-0.39, 0.29) is 0 Å². The lowest BCUT2D eigenvalue weighted by Crippen LogP contribution is -2.14. The van der Waals surface area contributed by atoms with Crippen molar-refractivity contribution < 1.29 is 28.4 Å². The highest BCUT2D eigenvalue weighted by Gasteiger charge is 1.98. The van der Waals surface area contributed by atoms with Gasteiger partial charge < -0.3 is 28.4 Å². The molecular formula is C31H56O6. The highest BCUT2D eigenvalue weighted by Crippen LogP contribution is 2.15. The van der Waals surface area contributed by atoms with Gasteiger partial charge in [-0.3, -0.25) is 0 Å². The molecule has 1 rings (SSSR count). The van der Waals surface area contributed by atoms with Gasteiger partial charge in [0.25, 0.3) is 0 Å². The van der Waals surface area contributed by atoms with Gasteiger partial charge in [-0.15, -0.1) is 0 Å². The van der Waals surface area contributed by atoms with Crippen molar-refractivity contribution in [2.24, 2.45) is 0 Å². The first-order chi connectivity index (χ1) is 18.4. The van der Waals surface area contributed by atoms with Crippen LogP contribution in [0, 0.1) is 0 Å². The second-order valence-corrected chi connectivity index (χ2v) is 9.49. The number of aryl methyl sites for hydroxylation is 1. The van der Waals surface area contributed by atoms with Crippen LogP contribution >= 0.6 is 0 Å². The normalized spacial score (nSPS) is 11.3.